The van der Waals surface area contributed by atoms with E-state index < -0.39 is 0 Å². The minimum Gasteiger partial charge on any atom is -0.506 e. The third-order valence-corrected chi connectivity index (χ3v) is 4.23. The minimum absolute atomic E-state index is 0.0155. The highest BCUT2D eigenvalue weighted by molar-refractivity contribution is 9.10. The molecule has 2 nitrogen and oxygen atoms in total. The highest BCUT2D eigenvalue weighted by Crippen LogP contribution is 2.39. The van der Waals surface area contributed by atoms with Crippen molar-refractivity contribution in [1.29, 1.82) is 0 Å². The number of nitrogens with zero attached hydrogens (tertiary/aromatic N) is 1. The first-order valence-corrected chi connectivity index (χ1v) is 7.43. The largest absolute Gasteiger partial charge is 0.506 e. The first kappa shape index (κ1) is 13.4. The molecule has 0 spiro atoms. The Labute approximate surface area is 126 Å². The van der Waals surface area contributed by atoms with E-state index >= 15 is 0 Å². The standard InChI is InChI=1S/C17H16BrNO/c1-17(2,3)14-9-15(18)16(20)13-10-19-7-5-4-6-11(19)8-12(13)14/h4-10H,1-3H3/p+1. The van der Waals surface area contributed by atoms with Crippen LogP contribution in [0, 0.1) is 0 Å². The number of aromatic nitrogens is 1. The Bertz CT molecular complexity index is 818. The lowest BCUT2D eigenvalue weighted by molar-refractivity contribution is -0.510. The van der Waals surface area contributed by atoms with Crippen molar-refractivity contribution in [3.8, 4) is 5.75 Å². The fourth-order valence-corrected chi connectivity index (χ4v) is 3.02. The molecule has 0 unspecified atom stereocenters. The van der Waals surface area contributed by atoms with Crippen LogP contribution < -0.4 is 4.40 Å². The Morgan fingerprint density at radius 1 is 1.10 bits per heavy atom. The van der Waals surface area contributed by atoms with Crippen LogP contribution in [0.25, 0.3) is 16.3 Å². The number of pyridine rings is 2. The number of rotatable bonds is 0. The topological polar surface area (TPSA) is 24.3 Å². The van der Waals surface area contributed by atoms with Crippen molar-refractivity contribution < 1.29 is 9.51 Å². The van der Waals surface area contributed by atoms with Gasteiger partial charge in [-0.2, -0.15) is 4.40 Å². The van der Waals surface area contributed by atoms with E-state index in [1.54, 1.807) is 0 Å². The van der Waals surface area contributed by atoms with Crippen LogP contribution in [-0.4, -0.2) is 5.11 Å². The van der Waals surface area contributed by atoms with Crippen LogP contribution in [0.15, 0.2) is 47.2 Å². The average Bonchev–Trinajstić information content (AvgIpc) is 2.40. The molecule has 102 valence electrons. The zero-order chi connectivity index (χ0) is 14.5. The van der Waals surface area contributed by atoms with Gasteiger partial charge in [-0.3, -0.25) is 0 Å². The summed E-state index contributed by atoms with van der Waals surface area (Å²) in [5.74, 6) is 0.297. The molecule has 1 aromatic carbocycles. The van der Waals surface area contributed by atoms with Crippen LogP contribution in [-0.2, 0) is 5.41 Å². The molecule has 20 heavy (non-hydrogen) atoms. The summed E-state index contributed by atoms with van der Waals surface area (Å²) in [5, 5.41) is 12.3. The molecule has 0 aliphatic heterocycles. The molecule has 3 aromatic rings. The molecule has 0 saturated heterocycles. The van der Waals surface area contributed by atoms with Crippen LogP contribution in [0.2, 0.25) is 0 Å². The number of phenolic OH excluding ortho intramolecular Hbond substituents is 1. The van der Waals surface area contributed by atoms with E-state index in [9.17, 15) is 5.11 Å². The first-order chi connectivity index (χ1) is 9.38. The average molecular weight is 331 g/mol. The number of hydrogen-bond donors (Lipinski definition) is 1. The van der Waals surface area contributed by atoms with Gasteiger partial charge in [0.2, 0.25) is 5.52 Å². The summed E-state index contributed by atoms with van der Waals surface area (Å²) >= 11 is 3.46. The summed E-state index contributed by atoms with van der Waals surface area (Å²) in [7, 11) is 0. The van der Waals surface area contributed by atoms with Crippen molar-refractivity contribution in [2.45, 2.75) is 26.2 Å². The zero-order valence-electron chi connectivity index (χ0n) is 11.8. The summed E-state index contributed by atoms with van der Waals surface area (Å²) in [5.41, 5.74) is 2.36. The number of hydrogen-bond acceptors (Lipinski definition) is 1. The third kappa shape index (κ3) is 2.06. The monoisotopic (exact) mass is 330 g/mol. The van der Waals surface area contributed by atoms with Gasteiger partial charge in [0.05, 0.1) is 9.86 Å². The molecule has 0 fully saturated rings. The maximum Gasteiger partial charge on any atom is 0.211 e. The molecule has 3 rings (SSSR count). The van der Waals surface area contributed by atoms with E-state index in [0.717, 1.165) is 20.8 Å². The summed E-state index contributed by atoms with van der Waals surface area (Å²) in [6.45, 7) is 6.56. The lowest BCUT2D eigenvalue weighted by Crippen LogP contribution is -2.21. The van der Waals surface area contributed by atoms with Gasteiger partial charge in [-0.1, -0.05) is 20.8 Å². The zero-order valence-corrected chi connectivity index (χ0v) is 13.4. The first-order valence-electron chi connectivity index (χ1n) is 6.63. The summed E-state index contributed by atoms with van der Waals surface area (Å²) in [6.07, 6.45) is 3.98. The van der Waals surface area contributed by atoms with Crippen molar-refractivity contribution in [1.82, 2.24) is 0 Å². The second-order valence-corrected chi connectivity index (χ2v) is 6.99. The quantitative estimate of drug-likeness (QED) is 0.481. The van der Waals surface area contributed by atoms with Crippen molar-refractivity contribution in [3.63, 3.8) is 0 Å². The number of benzene rings is 1. The van der Waals surface area contributed by atoms with Gasteiger partial charge in [-0.15, -0.1) is 0 Å². The number of halogens is 1. The van der Waals surface area contributed by atoms with Gasteiger partial charge in [0.25, 0.3) is 0 Å². The van der Waals surface area contributed by atoms with Crippen molar-refractivity contribution >= 4 is 32.2 Å². The van der Waals surface area contributed by atoms with E-state index in [4.69, 9.17) is 0 Å². The van der Waals surface area contributed by atoms with Crippen molar-refractivity contribution in [3.05, 3.63) is 52.8 Å². The highest BCUT2D eigenvalue weighted by Gasteiger charge is 2.22. The SMILES string of the molecule is CC(C)(C)c1cc(Br)c(O)c2c[n+]3ccccc3cc12. The summed E-state index contributed by atoms with van der Waals surface area (Å²) in [6, 6.07) is 10.2. The Hall–Kier alpha value is -1.61. The van der Waals surface area contributed by atoms with E-state index in [2.05, 4.69) is 48.8 Å². The Morgan fingerprint density at radius 3 is 2.55 bits per heavy atom. The molecule has 2 aromatic heterocycles. The van der Waals surface area contributed by atoms with Gasteiger partial charge in [-0.05, 0) is 39.0 Å². The maximum atomic E-state index is 10.3. The van der Waals surface area contributed by atoms with Gasteiger partial charge in [0.1, 0.15) is 5.75 Å². The molecule has 0 aliphatic rings. The van der Waals surface area contributed by atoms with Crippen molar-refractivity contribution in [2.75, 3.05) is 0 Å². The lowest BCUT2D eigenvalue weighted by Gasteiger charge is -2.22. The third-order valence-electron chi connectivity index (χ3n) is 3.62. The normalized spacial score (nSPS) is 12.2. The Balaban J connectivity index is 2.52. The molecular weight excluding hydrogens is 314 g/mol. The lowest BCUT2D eigenvalue weighted by atomic mass is 9.84. The number of fused-ring (bicyclic) bond motifs is 2. The van der Waals surface area contributed by atoms with Gasteiger partial charge < -0.3 is 5.11 Å². The molecule has 2 heterocycles. The van der Waals surface area contributed by atoms with E-state index in [1.807, 2.05) is 35.0 Å². The second kappa shape index (κ2) is 4.45. The van der Waals surface area contributed by atoms with Crippen LogP contribution in [0.1, 0.15) is 26.3 Å². The van der Waals surface area contributed by atoms with Crippen molar-refractivity contribution in [2.24, 2.45) is 0 Å². The molecule has 0 radical (unpaired) electrons. The maximum absolute atomic E-state index is 10.3. The van der Waals surface area contributed by atoms with Gasteiger partial charge in [-0.25, -0.2) is 0 Å². The Morgan fingerprint density at radius 2 is 1.85 bits per heavy atom. The fourth-order valence-electron chi connectivity index (χ4n) is 2.58. The molecule has 0 atom stereocenters. The number of phenols is 1. The molecule has 3 heteroatoms. The predicted octanol–water partition coefficient (Wildman–Crippen LogP) is 4.34. The van der Waals surface area contributed by atoms with Gasteiger partial charge in [0, 0.05) is 23.6 Å². The second-order valence-electron chi connectivity index (χ2n) is 6.14. The molecule has 0 aliphatic carbocycles. The van der Waals surface area contributed by atoms with Crippen LogP contribution >= 0.6 is 15.9 Å². The molecule has 0 amide bonds. The van der Waals surface area contributed by atoms with Crippen LogP contribution in [0.4, 0.5) is 0 Å². The van der Waals surface area contributed by atoms with Gasteiger partial charge >= 0.3 is 0 Å². The van der Waals surface area contributed by atoms with Gasteiger partial charge in [0.15, 0.2) is 12.4 Å². The summed E-state index contributed by atoms with van der Waals surface area (Å²) < 4.78 is 2.77. The predicted molar refractivity (Wildman–Crippen MR) is 85.2 cm³/mol. The fraction of sp³-hybridized carbons (Fsp3) is 0.235. The van der Waals surface area contributed by atoms with Crippen LogP contribution in [0.5, 0.6) is 5.75 Å². The molecule has 0 saturated carbocycles. The molecule has 1 N–H and O–H groups in total. The Kier molecular flexibility index (Phi) is 2.98. The smallest absolute Gasteiger partial charge is 0.211 e. The van der Waals surface area contributed by atoms with E-state index in [0.29, 0.717) is 5.75 Å². The van der Waals surface area contributed by atoms with E-state index in [1.165, 1.54) is 5.56 Å². The molecule has 0 bridgehead atoms. The minimum atomic E-state index is 0.0155. The summed E-state index contributed by atoms with van der Waals surface area (Å²) in [4.78, 5) is 0. The molecular formula is C17H17BrNO+. The van der Waals surface area contributed by atoms with E-state index in [-0.39, 0.29) is 5.41 Å². The van der Waals surface area contributed by atoms with Crippen LogP contribution in [0.3, 0.4) is 0 Å². The number of aromatic hydroxyl groups is 1. The highest BCUT2D eigenvalue weighted by atomic mass is 79.9.